The van der Waals surface area contributed by atoms with Gasteiger partial charge in [-0.05, 0) is 31.0 Å². The number of urea groups is 1. The van der Waals surface area contributed by atoms with Crippen molar-refractivity contribution >= 4 is 6.03 Å². The number of carbonyl (C=O) groups excluding carboxylic acids is 1. The van der Waals surface area contributed by atoms with Crippen molar-refractivity contribution in [2.75, 3.05) is 46.4 Å². The van der Waals surface area contributed by atoms with E-state index in [0.717, 1.165) is 51.3 Å². The fourth-order valence-corrected chi connectivity index (χ4v) is 3.41. The average Bonchev–Trinajstić information content (AvgIpc) is 2.95. The van der Waals surface area contributed by atoms with Crippen LogP contribution in [0.3, 0.4) is 0 Å². The molecular formula is C18H24N4O2. The quantitative estimate of drug-likeness (QED) is 0.826. The summed E-state index contributed by atoms with van der Waals surface area (Å²) >= 11 is 0. The van der Waals surface area contributed by atoms with Gasteiger partial charge in [-0.25, -0.2) is 4.79 Å². The number of ether oxygens (including phenoxy) is 1. The summed E-state index contributed by atoms with van der Waals surface area (Å²) in [5.41, 5.74) is 0.619. The molecule has 0 spiro atoms. The first-order valence-electron chi connectivity index (χ1n) is 8.54. The zero-order valence-electron chi connectivity index (χ0n) is 14.1. The summed E-state index contributed by atoms with van der Waals surface area (Å²) in [7, 11) is 1.87. The third-order valence-electron chi connectivity index (χ3n) is 4.89. The maximum atomic E-state index is 12.1. The summed E-state index contributed by atoms with van der Waals surface area (Å²) in [6.45, 7) is 5.19. The zero-order chi connectivity index (χ0) is 16.9. The minimum absolute atomic E-state index is 0.175. The highest BCUT2D eigenvalue weighted by atomic mass is 16.5. The van der Waals surface area contributed by atoms with Gasteiger partial charge >= 0.3 is 6.03 Å². The highest BCUT2D eigenvalue weighted by Gasteiger charge is 2.33. The molecule has 0 unspecified atom stereocenters. The molecule has 0 radical (unpaired) electrons. The summed E-state index contributed by atoms with van der Waals surface area (Å²) in [4.78, 5) is 18.3. The molecule has 2 amide bonds. The molecule has 2 aliphatic heterocycles. The Morgan fingerprint density at radius 2 is 2.04 bits per heavy atom. The van der Waals surface area contributed by atoms with Crippen molar-refractivity contribution in [2.45, 2.75) is 18.9 Å². The third-order valence-corrected chi connectivity index (χ3v) is 4.89. The number of likely N-dealkylation sites (N-methyl/N-ethyl adjacent to an activating group) is 1. The van der Waals surface area contributed by atoms with Crippen molar-refractivity contribution in [1.82, 2.24) is 14.7 Å². The number of carbonyl (C=O) groups is 1. The first-order chi connectivity index (χ1) is 11.7. The van der Waals surface area contributed by atoms with E-state index in [1.165, 1.54) is 0 Å². The first-order valence-corrected chi connectivity index (χ1v) is 8.54. The predicted octanol–water partition coefficient (Wildman–Crippen LogP) is 1.77. The van der Waals surface area contributed by atoms with Gasteiger partial charge in [0, 0.05) is 45.8 Å². The Labute approximate surface area is 143 Å². The molecule has 0 aromatic heterocycles. The van der Waals surface area contributed by atoms with Crippen molar-refractivity contribution in [3.8, 4) is 11.8 Å². The summed E-state index contributed by atoms with van der Waals surface area (Å²) in [6.07, 6.45) is 2.06. The number of likely N-dealkylation sites (tertiary alicyclic amines) is 1. The van der Waals surface area contributed by atoms with Crippen LogP contribution in [0.15, 0.2) is 24.3 Å². The number of amides is 2. The van der Waals surface area contributed by atoms with E-state index in [9.17, 15) is 4.79 Å². The number of benzene rings is 1. The molecule has 128 valence electrons. The van der Waals surface area contributed by atoms with Crippen LogP contribution in [0.2, 0.25) is 0 Å². The van der Waals surface area contributed by atoms with Gasteiger partial charge in [0.05, 0.1) is 11.6 Å². The number of hydrogen-bond donors (Lipinski definition) is 0. The van der Waals surface area contributed by atoms with Gasteiger partial charge in [0.25, 0.3) is 0 Å². The fourth-order valence-electron chi connectivity index (χ4n) is 3.41. The van der Waals surface area contributed by atoms with Crippen molar-refractivity contribution in [1.29, 1.82) is 5.26 Å². The van der Waals surface area contributed by atoms with Crippen LogP contribution < -0.4 is 4.74 Å². The van der Waals surface area contributed by atoms with E-state index in [0.29, 0.717) is 18.2 Å². The molecule has 0 saturated carbocycles. The minimum Gasteiger partial charge on any atom is -0.492 e. The van der Waals surface area contributed by atoms with Gasteiger partial charge in [0.15, 0.2) is 0 Å². The Morgan fingerprint density at radius 1 is 1.25 bits per heavy atom. The van der Waals surface area contributed by atoms with E-state index in [2.05, 4.69) is 11.0 Å². The summed E-state index contributed by atoms with van der Waals surface area (Å²) in [6, 6.07) is 9.93. The van der Waals surface area contributed by atoms with E-state index < -0.39 is 0 Å². The molecular weight excluding hydrogens is 304 g/mol. The van der Waals surface area contributed by atoms with E-state index in [4.69, 9.17) is 10.00 Å². The standard InChI is InChI=1S/C18H24N4O2/c1-20-9-10-22(18(20)23)16-5-7-21(8-6-16)11-12-24-17-4-2-3-15(13-17)14-19/h2-4,13,16H,5-12H2,1H3. The van der Waals surface area contributed by atoms with Gasteiger partial charge in [-0.3, -0.25) is 4.90 Å². The Morgan fingerprint density at radius 3 is 2.71 bits per heavy atom. The lowest BCUT2D eigenvalue weighted by molar-refractivity contribution is 0.120. The Kier molecular flexibility index (Phi) is 5.21. The monoisotopic (exact) mass is 328 g/mol. The van der Waals surface area contributed by atoms with Crippen LogP contribution in [0.25, 0.3) is 0 Å². The summed E-state index contributed by atoms with van der Waals surface area (Å²) in [5.74, 6) is 0.745. The van der Waals surface area contributed by atoms with Crippen molar-refractivity contribution in [3.63, 3.8) is 0 Å². The second kappa shape index (κ2) is 7.54. The number of nitriles is 1. The van der Waals surface area contributed by atoms with Crippen LogP contribution in [-0.4, -0.2) is 73.2 Å². The first kappa shape index (κ1) is 16.6. The Bertz CT molecular complexity index is 620. The molecule has 2 fully saturated rings. The van der Waals surface area contributed by atoms with Gasteiger partial charge in [-0.1, -0.05) is 6.07 Å². The van der Waals surface area contributed by atoms with E-state index >= 15 is 0 Å². The lowest BCUT2D eigenvalue weighted by Crippen LogP contribution is -2.47. The molecule has 2 aliphatic rings. The zero-order valence-corrected chi connectivity index (χ0v) is 14.1. The molecule has 1 aromatic rings. The van der Waals surface area contributed by atoms with Crippen LogP contribution in [0.5, 0.6) is 5.75 Å². The molecule has 0 N–H and O–H groups in total. The smallest absolute Gasteiger partial charge is 0.320 e. The van der Waals surface area contributed by atoms with Crippen LogP contribution in [-0.2, 0) is 0 Å². The number of piperidine rings is 1. The van der Waals surface area contributed by atoms with Gasteiger partial charge in [-0.15, -0.1) is 0 Å². The molecule has 6 nitrogen and oxygen atoms in total. The molecule has 24 heavy (non-hydrogen) atoms. The van der Waals surface area contributed by atoms with Crippen LogP contribution in [0, 0.1) is 11.3 Å². The maximum Gasteiger partial charge on any atom is 0.320 e. The van der Waals surface area contributed by atoms with E-state index in [-0.39, 0.29) is 6.03 Å². The molecule has 0 atom stereocenters. The highest BCUT2D eigenvalue weighted by Crippen LogP contribution is 2.20. The van der Waals surface area contributed by atoms with Crippen LogP contribution in [0.1, 0.15) is 18.4 Å². The van der Waals surface area contributed by atoms with Crippen molar-refractivity contribution < 1.29 is 9.53 Å². The fraction of sp³-hybridized carbons (Fsp3) is 0.556. The normalized spacial score (nSPS) is 19.6. The van der Waals surface area contributed by atoms with Crippen molar-refractivity contribution in [3.05, 3.63) is 29.8 Å². The molecule has 0 aliphatic carbocycles. The summed E-state index contributed by atoms with van der Waals surface area (Å²) in [5, 5.41) is 8.90. The average molecular weight is 328 g/mol. The van der Waals surface area contributed by atoms with Gasteiger partial charge in [0.1, 0.15) is 12.4 Å². The van der Waals surface area contributed by atoms with Crippen molar-refractivity contribution in [2.24, 2.45) is 0 Å². The molecule has 6 heteroatoms. The number of nitrogens with zero attached hydrogens (tertiary/aromatic N) is 4. The lowest BCUT2D eigenvalue weighted by Gasteiger charge is -2.36. The van der Waals surface area contributed by atoms with Gasteiger partial charge in [-0.2, -0.15) is 5.26 Å². The lowest BCUT2D eigenvalue weighted by atomic mass is 10.0. The van der Waals surface area contributed by atoms with Crippen LogP contribution >= 0.6 is 0 Å². The second-order valence-electron chi connectivity index (χ2n) is 6.46. The van der Waals surface area contributed by atoms with Gasteiger partial charge in [0.2, 0.25) is 0 Å². The highest BCUT2D eigenvalue weighted by molar-refractivity contribution is 5.76. The van der Waals surface area contributed by atoms with Gasteiger partial charge < -0.3 is 14.5 Å². The number of rotatable bonds is 5. The SMILES string of the molecule is CN1CCN(C2CCN(CCOc3cccc(C#N)c3)CC2)C1=O. The largest absolute Gasteiger partial charge is 0.492 e. The van der Waals surface area contributed by atoms with Crippen LogP contribution in [0.4, 0.5) is 4.79 Å². The molecule has 2 saturated heterocycles. The third kappa shape index (κ3) is 3.80. The minimum atomic E-state index is 0.175. The summed E-state index contributed by atoms with van der Waals surface area (Å²) < 4.78 is 5.75. The second-order valence-corrected chi connectivity index (χ2v) is 6.46. The number of hydrogen-bond acceptors (Lipinski definition) is 4. The molecule has 0 bridgehead atoms. The Hall–Kier alpha value is -2.26. The maximum absolute atomic E-state index is 12.1. The molecule has 2 heterocycles. The topological polar surface area (TPSA) is 59.8 Å². The molecule has 1 aromatic carbocycles. The Balaban J connectivity index is 1.40. The van der Waals surface area contributed by atoms with E-state index in [1.807, 2.05) is 24.1 Å². The van der Waals surface area contributed by atoms with E-state index in [1.54, 1.807) is 17.0 Å². The predicted molar refractivity (Wildman–Crippen MR) is 90.8 cm³/mol. The molecule has 3 rings (SSSR count).